The van der Waals surface area contributed by atoms with Crippen LogP contribution in [0, 0.1) is 10.8 Å². The van der Waals surface area contributed by atoms with Crippen molar-refractivity contribution < 1.29 is 19.1 Å². The highest BCUT2D eigenvalue weighted by Gasteiger charge is 2.35. The fourth-order valence-corrected chi connectivity index (χ4v) is 3.76. The van der Waals surface area contributed by atoms with Crippen LogP contribution in [-0.4, -0.2) is 31.8 Å². The number of ketones is 1. The van der Waals surface area contributed by atoms with E-state index in [4.69, 9.17) is 28.9 Å². The van der Waals surface area contributed by atoms with Gasteiger partial charge in [-0.05, 0) is 79.6 Å². The summed E-state index contributed by atoms with van der Waals surface area (Å²) >= 11 is 5.88. The number of hydrogen-bond acceptors (Lipinski definition) is 4. The Morgan fingerprint density at radius 2 is 1.34 bits per heavy atom. The summed E-state index contributed by atoms with van der Waals surface area (Å²) in [5.41, 5.74) is -0.358. The van der Waals surface area contributed by atoms with Gasteiger partial charge in [-0.1, -0.05) is 45.6 Å². The van der Waals surface area contributed by atoms with Crippen LogP contribution < -0.4 is 4.74 Å². The molecule has 0 N–H and O–H groups in total. The van der Waals surface area contributed by atoms with Gasteiger partial charge >= 0.3 is 5.97 Å². The summed E-state index contributed by atoms with van der Waals surface area (Å²) in [6, 6.07) is 13.4. The number of carbonyl (C=O) groups is 2. The fourth-order valence-electron chi connectivity index (χ4n) is 3.63. The maximum Gasteiger partial charge on any atom is 0.349 e. The van der Waals surface area contributed by atoms with E-state index in [0.29, 0.717) is 28.2 Å². The first-order valence-corrected chi connectivity index (χ1v) is 11.1. The largest absolute Gasteiger partial charge is 0.476 e. The predicted octanol–water partition coefficient (Wildman–Crippen LogP) is 6.30. The second-order valence-corrected chi connectivity index (χ2v) is 10.7. The van der Waals surface area contributed by atoms with Crippen molar-refractivity contribution in [2.75, 3.05) is 6.61 Å². The number of carbonyl (C=O) groups excluding carboxylic acids is 2. The third kappa shape index (κ3) is 7.41. The summed E-state index contributed by atoms with van der Waals surface area (Å²) in [7, 11) is 5.84. The van der Waals surface area contributed by atoms with Crippen LogP contribution in [0.5, 0.6) is 5.75 Å². The van der Waals surface area contributed by atoms with Crippen LogP contribution in [0.1, 0.15) is 63.9 Å². The summed E-state index contributed by atoms with van der Waals surface area (Å²) in [5.74, 6) is -0.0879. The van der Waals surface area contributed by atoms with Crippen molar-refractivity contribution in [1.29, 1.82) is 0 Å². The first-order valence-electron chi connectivity index (χ1n) is 10.7. The minimum Gasteiger partial charge on any atom is -0.476 e. The van der Waals surface area contributed by atoms with Crippen LogP contribution in [0.3, 0.4) is 0 Å². The van der Waals surface area contributed by atoms with E-state index in [1.165, 1.54) is 0 Å². The summed E-state index contributed by atoms with van der Waals surface area (Å²) in [6.07, 6.45) is 1.39. The zero-order valence-corrected chi connectivity index (χ0v) is 20.6. The number of hydrogen-bond donors (Lipinski definition) is 0. The van der Waals surface area contributed by atoms with Crippen molar-refractivity contribution in [1.82, 2.24) is 0 Å². The molecule has 0 saturated carbocycles. The molecular formula is C26H32BClO4. The molecule has 0 amide bonds. The van der Waals surface area contributed by atoms with Crippen molar-refractivity contribution in [2.24, 2.45) is 10.8 Å². The summed E-state index contributed by atoms with van der Waals surface area (Å²) in [6.45, 7) is 11.9. The lowest BCUT2D eigenvalue weighted by atomic mass is 9.69. The van der Waals surface area contributed by atoms with Gasteiger partial charge in [-0.25, -0.2) is 4.79 Å². The molecule has 0 saturated heterocycles. The van der Waals surface area contributed by atoms with Gasteiger partial charge in [0.25, 0.3) is 0 Å². The normalized spacial score (nSPS) is 12.3. The van der Waals surface area contributed by atoms with Crippen molar-refractivity contribution in [3.05, 3.63) is 64.7 Å². The molecule has 2 radical (unpaired) electrons. The van der Waals surface area contributed by atoms with E-state index >= 15 is 0 Å². The minimum atomic E-state index is -1.18. The molecule has 4 nitrogen and oxygen atoms in total. The molecule has 0 aliphatic carbocycles. The number of esters is 1. The molecule has 0 spiro atoms. The average Bonchev–Trinajstić information content (AvgIpc) is 2.71. The molecule has 0 bridgehead atoms. The molecule has 0 aromatic heterocycles. The molecule has 32 heavy (non-hydrogen) atoms. The maximum absolute atomic E-state index is 12.7. The second-order valence-electron chi connectivity index (χ2n) is 10.3. The van der Waals surface area contributed by atoms with Gasteiger partial charge < -0.3 is 9.47 Å². The number of benzene rings is 2. The first-order chi connectivity index (χ1) is 14.7. The summed E-state index contributed by atoms with van der Waals surface area (Å²) < 4.78 is 11.5. The molecule has 0 heterocycles. The molecular weight excluding hydrogens is 423 g/mol. The van der Waals surface area contributed by atoms with E-state index < -0.39 is 11.6 Å². The molecule has 0 aliphatic rings. The molecule has 0 unspecified atom stereocenters. The Bertz CT molecular complexity index is 931. The minimum absolute atomic E-state index is 0.0346. The third-order valence-electron chi connectivity index (χ3n) is 5.19. The topological polar surface area (TPSA) is 52.6 Å². The van der Waals surface area contributed by atoms with Gasteiger partial charge in [0, 0.05) is 16.1 Å². The number of ether oxygens (including phenoxy) is 2. The van der Waals surface area contributed by atoms with Crippen molar-refractivity contribution >= 4 is 31.2 Å². The highest BCUT2D eigenvalue weighted by molar-refractivity contribution is 6.30. The molecule has 2 rings (SSSR count). The molecule has 0 aliphatic heterocycles. The van der Waals surface area contributed by atoms with Crippen LogP contribution in [0.4, 0.5) is 0 Å². The van der Waals surface area contributed by atoms with E-state index in [0.717, 1.165) is 6.42 Å². The monoisotopic (exact) mass is 454 g/mol. The molecule has 0 atom stereocenters. The van der Waals surface area contributed by atoms with Gasteiger partial charge in [-0.15, -0.1) is 0 Å². The SMILES string of the molecule is [B]CC(C)(C)CC(C)(C)COC(=O)C(C)(C)Oc1ccc(C(=O)c2ccc(Cl)cc2)cc1. The van der Waals surface area contributed by atoms with Gasteiger partial charge in [0.15, 0.2) is 11.4 Å². The Morgan fingerprint density at radius 1 is 0.844 bits per heavy atom. The van der Waals surface area contributed by atoms with E-state index in [1.807, 2.05) is 0 Å². The van der Waals surface area contributed by atoms with Gasteiger partial charge in [0.1, 0.15) is 5.75 Å². The van der Waals surface area contributed by atoms with Crippen LogP contribution >= 0.6 is 11.6 Å². The standard InChI is InChI=1S/C26H32BClO4/c1-24(2,16-27)15-25(3,4)17-31-23(30)26(5,6)32-21-13-9-19(10-14-21)22(29)18-7-11-20(28)12-8-18/h7-14H,15-17H2,1-6H3. The lowest BCUT2D eigenvalue weighted by molar-refractivity contribution is -0.163. The number of halogens is 1. The predicted molar refractivity (Wildman–Crippen MR) is 130 cm³/mol. The molecule has 0 fully saturated rings. The Balaban J connectivity index is 1.99. The zero-order chi connectivity index (χ0) is 24.2. The van der Waals surface area contributed by atoms with Crippen LogP contribution in [-0.2, 0) is 9.53 Å². The average molecular weight is 455 g/mol. The Morgan fingerprint density at radius 3 is 1.84 bits per heavy atom. The second kappa shape index (κ2) is 10.1. The van der Waals surface area contributed by atoms with Crippen molar-refractivity contribution in [3.8, 4) is 5.75 Å². The van der Waals surface area contributed by atoms with Crippen molar-refractivity contribution in [3.63, 3.8) is 0 Å². The molecule has 2 aromatic rings. The van der Waals surface area contributed by atoms with Crippen LogP contribution in [0.15, 0.2) is 48.5 Å². The smallest absolute Gasteiger partial charge is 0.349 e. The lowest BCUT2D eigenvalue weighted by Gasteiger charge is -2.35. The highest BCUT2D eigenvalue weighted by Crippen LogP contribution is 2.36. The van der Waals surface area contributed by atoms with Crippen LogP contribution in [0.2, 0.25) is 11.3 Å². The highest BCUT2D eigenvalue weighted by atomic mass is 35.5. The Labute approximate surface area is 198 Å². The van der Waals surface area contributed by atoms with E-state index in [1.54, 1.807) is 62.4 Å². The van der Waals surface area contributed by atoms with Gasteiger partial charge in [0.2, 0.25) is 0 Å². The Kier molecular flexibility index (Phi) is 8.22. The van der Waals surface area contributed by atoms with Gasteiger partial charge in [-0.3, -0.25) is 4.79 Å². The third-order valence-corrected chi connectivity index (χ3v) is 5.44. The quantitative estimate of drug-likeness (QED) is 0.240. The van der Waals surface area contributed by atoms with Gasteiger partial charge in [0.05, 0.1) is 14.5 Å². The fraction of sp³-hybridized carbons (Fsp3) is 0.462. The van der Waals surface area contributed by atoms with E-state index in [-0.39, 0.29) is 23.2 Å². The molecule has 170 valence electrons. The van der Waals surface area contributed by atoms with E-state index in [9.17, 15) is 9.59 Å². The summed E-state index contributed by atoms with van der Waals surface area (Å²) in [4.78, 5) is 25.3. The van der Waals surface area contributed by atoms with Crippen molar-refractivity contribution in [2.45, 2.75) is 59.9 Å². The molecule has 2 aromatic carbocycles. The van der Waals surface area contributed by atoms with Crippen LogP contribution in [0.25, 0.3) is 0 Å². The summed E-state index contributed by atoms with van der Waals surface area (Å²) in [5, 5.41) is 0.575. The Hall–Kier alpha value is -2.27. The van der Waals surface area contributed by atoms with Gasteiger partial charge in [-0.2, -0.15) is 0 Å². The zero-order valence-electron chi connectivity index (χ0n) is 19.8. The number of rotatable bonds is 10. The first kappa shape index (κ1) is 26.0. The maximum atomic E-state index is 12.7. The lowest BCUT2D eigenvalue weighted by Crippen LogP contribution is -2.41. The van der Waals surface area contributed by atoms with E-state index in [2.05, 4.69) is 27.7 Å². The molecule has 6 heteroatoms.